The van der Waals surface area contributed by atoms with Crippen LogP contribution in [0.25, 0.3) is 5.76 Å². The highest BCUT2D eigenvalue weighted by atomic mass is 16.5. The van der Waals surface area contributed by atoms with Crippen LogP contribution in [0.3, 0.4) is 0 Å². The standard InChI is InChI=1S/C28H36N2O5/c1-28(2,3)19-12-13-22(35-7)21(17-19)25(31)23-24(18-10-8-11-20(16-18)34-6)30(27(33)26(23)32)15-9-14-29(4)5/h8,10-13,16-17,24,31H,9,14-15H2,1-7H3/b25-23+. The number of aliphatic hydroxyl groups excluding tert-OH is 1. The van der Waals surface area contributed by atoms with Crippen molar-refractivity contribution in [2.45, 2.75) is 38.6 Å². The van der Waals surface area contributed by atoms with Crippen molar-refractivity contribution in [3.63, 3.8) is 0 Å². The molecule has 2 aromatic carbocycles. The zero-order valence-electron chi connectivity index (χ0n) is 21.7. The molecule has 0 bridgehead atoms. The maximum atomic E-state index is 13.4. The number of ether oxygens (including phenoxy) is 2. The lowest BCUT2D eigenvalue weighted by Gasteiger charge is -2.26. The third kappa shape index (κ3) is 5.51. The topological polar surface area (TPSA) is 79.3 Å². The molecule has 1 saturated heterocycles. The van der Waals surface area contributed by atoms with E-state index in [9.17, 15) is 14.7 Å². The van der Waals surface area contributed by atoms with Gasteiger partial charge in [-0.1, -0.05) is 39.0 Å². The summed E-state index contributed by atoms with van der Waals surface area (Å²) in [5.41, 5.74) is 1.92. The van der Waals surface area contributed by atoms with Crippen LogP contribution in [0.5, 0.6) is 11.5 Å². The number of benzene rings is 2. The largest absolute Gasteiger partial charge is 0.507 e. The van der Waals surface area contributed by atoms with Crippen molar-refractivity contribution in [2.75, 3.05) is 41.4 Å². The predicted molar refractivity (Wildman–Crippen MR) is 137 cm³/mol. The maximum Gasteiger partial charge on any atom is 0.295 e. The number of hydrogen-bond acceptors (Lipinski definition) is 6. The van der Waals surface area contributed by atoms with Gasteiger partial charge >= 0.3 is 0 Å². The summed E-state index contributed by atoms with van der Waals surface area (Å²) in [5, 5.41) is 11.6. The average molecular weight is 481 g/mol. The number of Topliss-reactive ketones (excluding diaryl/α,β-unsaturated/α-hetero) is 1. The Kier molecular flexibility index (Phi) is 7.90. The first-order valence-corrected chi connectivity index (χ1v) is 11.8. The van der Waals surface area contributed by atoms with Crippen LogP contribution in [0.15, 0.2) is 48.0 Å². The molecule has 7 nitrogen and oxygen atoms in total. The molecule has 1 fully saturated rings. The smallest absolute Gasteiger partial charge is 0.295 e. The highest BCUT2D eigenvalue weighted by molar-refractivity contribution is 6.46. The molecular formula is C28H36N2O5. The van der Waals surface area contributed by atoms with E-state index in [1.54, 1.807) is 30.2 Å². The lowest BCUT2D eigenvalue weighted by Crippen LogP contribution is -2.32. The minimum absolute atomic E-state index is 0.0532. The van der Waals surface area contributed by atoms with Gasteiger partial charge in [-0.25, -0.2) is 0 Å². The molecule has 3 rings (SSSR count). The molecule has 1 aliphatic heterocycles. The molecule has 1 amide bonds. The van der Waals surface area contributed by atoms with Gasteiger partial charge in [0.25, 0.3) is 11.7 Å². The number of ketones is 1. The third-order valence-electron chi connectivity index (χ3n) is 6.27. The zero-order chi connectivity index (χ0) is 25.9. The number of aliphatic hydroxyl groups is 1. The van der Waals surface area contributed by atoms with Gasteiger partial charge in [0, 0.05) is 6.54 Å². The molecule has 1 N–H and O–H groups in total. The Morgan fingerprint density at radius 1 is 1.06 bits per heavy atom. The van der Waals surface area contributed by atoms with E-state index in [4.69, 9.17) is 9.47 Å². The highest BCUT2D eigenvalue weighted by Gasteiger charge is 2.46. The summed E-state index contributed by atoms with van der Waals surface area (Å²) < 4.78 is 10.9. The van der Waals surface area contributed by atoms with Gasteiger partial charge in [-0.15, -0.1) is 0 Å². The zero-order valence-corrected chi connectivity index (χ0v) is 21.7. The Morgan fingerprint density at radius 3 is 2.37 bits per heavy atom. The van der Waals surface area contributed by atoms with E-state index in [1.807, 2.05) is 43.3 Å². The second-order valence-electron chi connectivity index (χ2n) is 10.1. The number of amides is 1. The van der Waals surface area contributed by atoms with Crippen molar-refractivity contribution in [2.24, 2.45) is 0 Å². The molecule has 0 radical (unpaired) electrons. The molecule has 35 heavy (non-hydrogen) atoms. The van der Waals surface area contributed by atoms with Gasteiger partial charge in [0.1, 0.15) is 17.3 Å². The number of hydrogen-bond donors (Lipinski definition) is 1. The molecule has 0 aliphatic carbocycles. The Morgan fingerprint density at radius 2 is 1.77 bits per heavy atom. The molecule has 1 heterocycles. The second-order valence-corrected chi connectivity index (χ2v) is 10.1. The lowest BCUT2D eigenvalue weighted by atomic mass is 9.85. The van der Waals surface area contributed by atoms with Gasteiger partial charge < -0.3 is 24.4 Å². The van der Waals surface area contributed by atoms with Gasteiger partial charge in [-0.05, 0) is 67.9 Å². The second kappa shape index (κ2) is 10.5. The number of nitrogens with zero attached hydrogens (tertiary/aromatic N) is 2. The minimum atomic E-state index is -0.740. The Labute approximate surface area is 207 Å². The van der Waals surface area contributed by atoms with Crippen LogP contribution >= 0.6 is 0 Å². The van der Waals surface area contributed by atoms with E-state index in [2.05, 4.69) is 20.8 Å². The maximum absolute atomic E-state index is 13.4. The Bertz CT molecular complexity index is 1130. The molecule has 1 unspecified atom stereocenters. The van der Waals surface area contributed by atoms with Crippen LogP contribution in [0.2, 0.25) is 0 Å². The van der Waals surface area contributed by atoms with Crippen LogP contribution in [0.4, 0.5) is 0 Å². The number of likely N-dealkylation sites (tertiary alicyclic amines) is 1. The first-order valence-electron chi connectivity index (χ1n) is 11.8. The molecule has 1 aliphatic rings. The monoisotopic (exact) mass is 480 g/mol. The third-order valence-corrected chi connectivity index (χ3v) is 6.27. The van der Waals surface area contributed by atoms with Crippen LogP contribution < -0.4 is 9.47 Å². The van der Waals surface area contributed by atoms with E-state index in [0.717, 1.165) is 12.1 Å². The summed E-state index contributed by atoms with van der Waals surface area (Å²) in [5.74, 6) is -0.533. The number of rotatable bonds is 8. The predicted octanol–water partition coefficient (Wildman–Crippen LogP) is 4.37. The highest BCUT2D eigenvalue weighted by Crippen LogP contribution is 2.42. The normalized spacial score (nSPS) is 17.8. The van der Waals surface area contributed by atoms with Gasteiger partial charge in [0.05, 0.1) is 31.4 Å². The Balaban J connectivity index is 2.22. The van der Waals surface area contributed by atoms with Crippen LogP contribution in [0, 0.1) is 0 Å². The fourth-order valence-corrected chi connectivity index (χ4v) is 4.33. The molecule has 2 aromatic rings. The van der Waals surface area contributed by atoms with Crippen molar-refractivity contribution < 1.29 is 24.2 Å². The van der Waals surface area contributed by atoms with E-state index < -0.39 is 17.7 Å². The number of carbonyl (C=O) groups excluding carboxylic acids is 2. The quantitative estimate of drug-likeness (QED) is 0.343. The first-order chi connectivity index (χ1) is 16.5. The van der Waals surface area contributed by atoms with Crippen LogP contribution in [-0.4, -0.2) is 68.0 Å². The molecule has 1 atom stereocenters. The number of methoxy groups -OCH3 is 2. The van der Waals surface area contributed by atoms with Gasteiger partial charge in [0.2, 0.25) is 0 Å². The van der Waals surface area contributed by atoms with Crippen molar-refractivity contribution >= 4 is 17.4 Å². The molecular weight excluding hydrogens is 444 g/mol. The summed E-state index contributed by atoms with van der Waals surface area (Å²) in [4.78, 5) is 30.1. The summed E-state index contributed by atoms with van der Waals surface area (Å²) >= 11 is 0. The van der Waals surface area contributed by atoms with Crippen molar-refractivity contribution in [3.05, 3.63) is 64.7 Å². The van der Waals surface area contributed by atoms with Gasteiger partial charge in [-0.2, -0.15) is 0 Å². The molecule has 7 heteroatoms. The minimum Gasteiger partial charge on any atom is -0.507 e. The summed E-state index contributed by atoms with van der Waals surface area (Å²) in [6, 6.07) is 12.1. The first kappa shape index (κ1) is 26.3. The average Bonchev–Trinajstić information content (AvgIpc) is 3.07. The molecule has 0 saturated carbocycles. The van der Waals surface area contributed by atoms with E-state index in [0.29, 0.717) is 35.6 Å². The lowest BCUT2D eigenvalue weighted by molar-refractivity contribution is -0.139. The van der Waals surface area contributed by atoms with Gasteiger partial charge in [0.15, 0.2) is 0 Å². The fraction of sp³-hybridized carbons (Fsp3) is 0.429. The molecule has 0 aromatic heterocycles. The van der Waals surface area contributed by atoms with Crippen molar-refractivity contribution in [3.8, 4) is 11.5 Å². The van der Waals surface area contributed by atoms with Crippen molar-refractivity contribution in [1.82, 2.24) is 9.80 Å². The summed E-state index contributed by atoms with van der Waals surface area (Å²) in [6.45, 7) is 7.34. The van der Waals surface area contributed by atoms with E-state index >= 15 is 0 Å². The van der Waals surface area contributed by atoms with Crippen molar-refractivity contribution in [1.29, 1.82) is 0 Å². The molecule has 188 valence electrons. The molecule has 0 spiro atoms. The van der Waals surface area contributed by atoms with Crippen LogP contribution in [-0.2, 0) is 15.0 Å². The van der Waals surface area contributed by atoms with E-state index in [1.165, 1.54) is 7.11 Å². The fourth-order valence-electron chi connectivity index (χ4n) is 4.33. The summed E-state index contributed by atoms with van der Waals surface area (Å²) in [6.07, 6.45) is 0.684. The van der Waals surface area contributed by atoms with E-state index in [-0.39, 0.29) is 16.7 Å². The van der Waals surface area contributed by atoms with Crippen LogP contribution in [0.1, 0.15) is 49.9 Å². The summed E-state index contributed by atoms with van der Waals surface area (Å²) in [7, 11) is 7.00. The Hall–Kier alpha value is -3.32. The SMILES string of the molecule is COc1cccc(C2/C(=C(\O)c3cc(C(C)(C)C)ccc3OC)C(=O)C(=O)N2CCCN(C)C)c1. The number of carbonyl (C=O) groups is 2. The van der Waals surface area contributed by atoms with Gasteiger partial charge in [-0.3, -0.25) is 9.59 Å².